The number of fused-ring (bicyclic) bond motifs is 4. The smallest absolute Gasteiger partial charge is 0.173 e. The minimum atomic E-state index is -1.21. The van der Waals surface area contributed by atoms with Gasteiger partial charge in [0.1, 0.15) is 29.7 Å². The maximum absolute atomic E-state index is 15.5. The van der Waals surface area contributed by atoms with E-state index in [0.29, 0.717) is 42.6 Å². The summed E-state index contributed by atoms with van der Waals surface area (Å²) in [5, 5.41) is 29.5. The van der Waals surface area contributed by atoms with E-state index in [2.05, 4.69) is 34.1 Å². The molecule has 55 heavy (non-hydrogen) atoms. The van der Waals surface area contributed by atoms with Crippen molar-refractivity contribution in [2.45, 2.75) is 81.9 Å². The van der Waals surface area contributed by atoms with Crippen LogP contribution in [0, 0.1) is 23.6 Å². The van der Waals surface area contributed by atoms with E-state index in [9.17, 15) is 14.6 Å². The molecule has 4 heterocycles. The predicted molar refractivity (Wildman–Crippen MR) is 211 cm³/mol. The van der Waals surface area contributed by atoms with Gasteiger partial charge in [0.2, 0.25) is 0 Å². The summed E-state index contributed by atoms with van der Waals surface area (Å²) in [6.45, 7) is 11.7. The number of ether oxygens (including phenoxy) is 3. The Hall–Kier alpha value is -4.03. The number of allylic oxidation sites excluding steroid dienone is 1. The number of hydrogen-bond donors (Lipinski definition) is 3. The number of alkyl halides is 1. The third-order valence-corrected chi connectivity index (χ3v) is 11.7. The van der Waals surface area contributed by atoms with Crippen molar-refractivity contribution in [1.29, 1.82) is 0 Å². The Morgan fingerprint density at radius 1 is 1.16 bits per heavy atom. The summed E-state index contributed by atoms with van der Waals surface area (Å²) in [5.41, 5.74) is -0.444. The molecule has 6 atom stereocenters. The zero-order valence-electron chi connectivity index (χ0n) is 31.9. The van der Waals surface area contributed by atoms with Crippen molar-refractivity contribution in [3.8, 4) is 18.1 Å². The number of aromatic hydroxyl groups is 1. The van der Waals surface area contributed by atoms with E-state index in [4.69, 9.17) is 30.7 Å². The fourth-order valence-electron chi connectivity index (χ4n) is 9.26. The molecule has 296 valence electrons. The van der Waals surface area contributed by atoms with Gasteiger partial charge in [-0.15, -0.1) is 6.42 Å². The number of likely N-dealkylation sites (tertiary alicyclic amines) is 1. The second-order valence-electron chi connectivity index (χ2n) is 15.3. The van der Waals surface area contributed by atoms with E-state index in [0.717, 1.165) is 58.6 Å². The minimum absolute atomic E-state index is 0.0156. The first-order valence-corrected chi connectivity index (χ1v) is 19.0. The van der Waals surface area contributed by atoms with Gasteiger partial charge in [0.15, 0.2) is 6.29 Å². The minimum Gasteiger partial charge on any atom is -0.508 e. The number of halogens is 2. The van der Waals surface area contributed by atoms with E-state index < -0.39 is 18.1 Å². The zero-order chi connectivity index (χ0) is 39.3. The summed E-state index contributed by atoms with van der Waals surface area (Å²) in [6, 6.07) is 6.16. The standard InChI is InChI=1S/C41H49F2N5O5.CH4O/c1-5-30-33(43)11-9-27-18-28(49)19-31(37(27)30)26(2)45-21-32(38(44-4)47-16-17-51-25-40(3,50)24-47)34(20-42)46-23-41-13-6-8-36(41)48(15-7-14-41)35-12-10-29-22-52-39(35)53-29;1-2/h1,9,11,18-19,21,29,35-36,39,49-50H,2,4,6-8,10,12-17,20,22-25H2,3H3;2H,1H3/b38-32+,45-21?,46-34?;. The fraction of sp³-hybridized carbons (Fsp3) is 0.548. The lowest BCUT2D eigenvalue weighted by atomic mass is 9.74. The molecule has 0 aromatic heterocycles. The van der Waals surface area contributed by atoms with Crippen LogP contribution in [0.25, 0.3) is 16.5 Å². The van der Waals surface area contributed by atoms with Gasteiger partial charge in [0, 0.05) is 48.8 Å². The molecule has 11 nitrogen and oxygen atoms in total. The molecule has 2 aromatic carbocycles. The van der Waals surface area contributed by atoms with Crippen LogP contribution in [0.1, 0.15) is 63.0 Å². The lowest BCUT2D eigenvalue weighted by molar-refractivity contribution is -0.154. The molecule has 5 fully saturated rings. The first-order chi connectivity index (χ1) is 26.6. The predicted octanol–water partition coefficient (Wildman–Crippen LogP) is 5.26. The number of benzene rings is 2. The van der Waals surface area contributed by atoms with Gasteiger partial charge in [-0.05, 0) is 82.3 Å². The maximum atomic E-state index is 15.5. The summed E-state index contributed by atoms with van der Waals surface area (Å²) < 4.78 is 48.3. The van der Waals surface area contributed by atoms with Crippen LogP contribution >= 0.6 is 0 Å². The van der Waals surface area contributed by atoms with Gasteiger partial charge in [-0.3, -0.25) is 14.9 Å². The third kappa shape index (κ3) is 8.40. The van der Waals surface area contributed by atoms with Crippen molar-refractivity contribution in [2.75, 3.05) is 59.8 Å². The van der Waals surface area contributed by atoms with Crippen LogP contribution in [-0.2, 0) is 14.2 Å². The molecule has 2 aromatic rings. The van der Waals surface area contributed by atoms with E-state index in [1.807, 2.05) is 4.90 Å². The van der Waals surface area contributed by atoms with E-state index >= 15 is 4.39 Å². The van der Waals surface area contributed by atoms with Crippen molar-refractivity contribution in [3.05, 3.63) is 59.2 Å². The lowest BCUT2D eigenvalue weighted by Gasteiger charge is -2.50. The fourth-order valence-corrected chi connectivity index (χ4v) is 9.26. The molecular formula is C42H53F2N5O6. The van der Waals surface area contributed by atoms with Crippen molar-refractivity contribution in [1.82, 2.24) is 9.80 Å². The number of nitrogens with zero attached hydrogens (tertiary/aromatic N) is 5. The molecule has 0 amide bonds. The topological polar surface area (TPSA) is 132 Å². The monoisotopic (exact) mass is 761 g/mol. The number of piperidine rings is 1. The normalized spacial score (nSPS) is 30.3. The Balaban J connectivity index is 0.00000253. The molecular weight excluding hydrogens is 708 g/mol. The average Bonchev–Trinajstić information content (AvgIpc) is 3.74. The highest BCUT2D eigenvalue weighted by Crippen LogP contribution is 2.50. The number of aliphatic hydroxyl groups is 2. The Kier molecular flexibility index (Phi) is 12.9. The average molecular weight is 762 g/mol. The first-order valence-electron chi connectivity index (χ1n) is 19.0. The Morgan fingerprint density at radius 2 is 1.96 bits per heavy atom. The summed E-state index contributed by atoms with van der Waals surface area (Å²) in [4.78, 5) is 18.5. The van der Waals surface area contributed by atoms with E-state index in [-0.39, 0.29) is 77.2 Å². The molecule has 6 unspecified atom stereocenters. The first kappa shape index (κ1) is 40.6. The van der Waals surface area contributed by atoms with Gasteiger partial charge in [0.25, 0.3) is 0 Å². The highest BCUT2D eigenvalue weighted by Gasteiger charge is 2.52. The molecule has 0 radical (unpaired) electrons. The van der Waals surface area contributed by atoms with Gasteiger partial charge in [0.05, 0.1) is 61.1 Å². The number of phenols is 1. The number of phenolic OH excluding ortho intramolecular Hbond substituents is 1. The van der Waals surface area contributed by atoms with Crippen LogP contribution in [0.2, 0.25) is 0 Å². The Labute approximate surface area is 322 Å². The van der Waals surface area contributed by atoms with Crippen LogP contribution in [0.4, 0.5) is 8.78 Å². The van der Waals surface area contributed by atoms with Crippen molar-refractivity contribution < 1.29 is 38.3 Å². The second-order valence-corrected chi connectivity index (χ2v) is 15.3. The van der Waals surface area contributed by atoms with Crippen LogP contribution in [0.15, 0.2) is 57.2 Å². The molecule has 13 heteroatoms. The van der Waals surface area contributed by atoms with Crippen molar-refractivity contribution in [3.63, 3.8) is 0 Å². The number of hydrogen-bond acceptors (Lipinski definition) is 11. The summed E-state index contributed by atoms with van der Waals surface area (Å²) >= 11 is 0. The molecule has 3 N–H and O–H groups in total. The zero-order valence-corrected chi connectivity index (χ0v) is 31.9. The van der Waals surface area contributed by atoms with Gasteiger partial charge >= 0.3 is 0 Å². The van der Waals surface area contributed by atoms with Gasteiger partial charge in [-0.25, -0.2) is 13.8 Å². The quantitative estimate of drug-likeness (QED) is 0.221. The summed E-state index contributed by atoms with van der Waals surface area (Å²) in [7, 11) is 1.00. The molecule has 7 rings (SSSR count). The second kappa shape index (κ2) is 17.4. The molecule has 1 aliphatic carbocycles. The summed E-state index contributed by atoms with van der Waals surface area (Å²) in [5.74, 6) is 2.04. The van der Waals surface area contributed by atoms with Gasteiger partial charge < -0.3 is 34.4 Å². The number of aliphatic imine (C=N–C) groups is 3. The number of β-amino-alcohol motifs (C(OH)–C–C–N with tert-alkyl or cyclic N) is 1. The lowest BCUT2D eigenvalue weighted by Crippen LogP contribution is -2.58. The molecule has 5 aliphatic rings. The largest absolute Gasteiger partial charge is 0.508 e. The SMILES string of the molecule is C#Cc1c(F)ccc2cc(O)cc(C(=C)N=C/C(C(CF)=NCC34CCCC3N(C3CCC5COC3O5)CCC4)=C(/N=C)N3CCOCC(C)(O)C3)c12.CO. The molecule has 1 saturated carbocycles. The van der Waals surface area contributed by atoms with Crippen LogP contribution < -0.4 is 0 Å². The summed E-state index contributed by atoms with van der Waals surface area (Å²) in [6.07, 6.45) is 14.3. The van der Waals surface area contributed by atoms with Crippen LogP contribution in [-0.4, -0.2) is 134 Å². The number of terminal acetylenes is 1. The number of rotatable bonds is 10. The number of aliphatic hydroxyl groups excluding tert-OH is 1. The highest BCUT2D eigenvalue weighted by atomic mass is 19.1. The van der Waals surface area contributed by atoms with Crippen LogP contribution in [0.3, 0.4) is 0 Å². The van der Waals surface area contributed by atoms with Crippen molar-refractivity contribution >= 4 is 35.1 Å². The molecule has 4 aliphatic heterocycles. The van der Waals surface area contributed by atoms with Crippen LogP contribution in [0.5, 0.6) is 5.75 Å². The van der Waals surface area contributed by atoms with E-state index in [1.165, 1.54) is 30.5 Å². The third-order valence-electron chi connectivity index (χ3n) is 11.7. The Bertz CT molecular complexity index is 1890. The molecule has 4 saturated heterocycles. The maximum Gasteiger partial charge on any atom is 0.173 e. The van der Waals surface area contributed by atoms with Gasteiger partial charge in [-0.1, -0.05) is 25.0 Å². The molecule has 0 spiro atoms. The van der Waals surface area contributed by atoms with Gasteiger partial charge in [-0.2, -0.15) is 0 Å². The van der Waals surface area contributed by atoms with E-state index in [1.54, 1.807) is 6.92 Å². The molecule has 2 bridgehead atoms. The highest BCUT2D eigenvalue weighted by molar-refractivity contribution is 6.18. The van der Waals surface area contributed by atoms with Crippen molar-refractivity contribution in [2.24, 2.45) is 20.4 Å². The Morgan fingerprint density at radius 3 is 2.73 bits per heavy atom.